The van der Waals surface area contributed by atoms with Crippen LogP contribution >= 0.6 is 0 Å². The van der Waals surface area contributed by atoms with E-state index in [1.165, 1.54) is 0 Å². The van der Waals surface area contributed by atoms with E-state index in [1.807, 2.05) is 61.5 Å². The molecule has 1 atom stereocenters. The van der Waals surface area contributed by atoms with Crippen LogP contribution < -0.4 is 15.2 Å². The minimum absolute atomic E-state index is 0.160. The molecule has 0 saturated carbocycles. The number of nitrogens with zero attached hydrogens (tertiary/aromatic N) is 1. The Balaban J connectivity index is 1.64. The predicted octanol–water partition coefficient (Wildman–Crippen LogP) is 3.32. The van der Waals surface area contributed by atoms with Crippen LogP contribution in [0.15, 0.2) is 60.8 Å². The molecule has 3 aromatic rings. The summed E-state index contributed by atoms with van der Waals surface area (Å²) in [6, 6.07) is 17.0. The lowest BCUT2D eigenvalue weighted by Gasteiger charge is -2.17. The van der Waals surface area contributed by atoms with Gasteiger partial charge in [-0.15, -0.1) is 0 Å². The Morgan fingerprint density at radius 1 is 1.12 bits per heavy atom. The monoisotopic (exact) mass is 471 g/mol. The summed E-state index contributed by atoms with van der Waals surface area (Å²) in [6.45, 7) is 2.40. The number of carbonyl (C=O) groups excluding carboxylic acids is 1. The van der Waals surface area contributed by atoms with Crippen molar-refractivity contribution in [2.24, 2.45) is 5.14 Å². The number of hydrogen-bond donors (Lipinski definition) is 4. The molecule has 0 radical (unpaired) electrons. The molecule has 2 aromatic carbocycles. The minimum Gasteiger partial charge on any atom is -0.445 e. The number of carbonyl (C=O) groups is 1. The Morgan fingerprint density at radius 2 is 1.85 bits per heavy atom. The van der Waals surface area contributed by atoms with Gasteiger partial charge < -0.3 is 15.0 Å². The summed E-state index contributed by atoms with van der Waals surface area (Å²) in [5, 5.41) is 7.83. The molecule has 0 aliphatic carbocycles. The number of aromatic amines is 1. The number of ether oxygens (including phenoxy) is 1. The van der Waals surface area contributed by atoms with E-state index in [4.69, 9.17) is 9.88 Å². The van der Waals surface area contributed by atoms with Crippen molar-refractivity contribution >= 4 is 16.3 Å². The van der Waals surface area contributed by atoms with Crippen LogP contribution in [0.3, 0.4) is 0 Å². The van der Waals surface area contributed by atoms with Gasteiger partial charge in [0.05, 0.1) is 11.7 Å². The molecule has 0 spiro atoms. The van der Waals surface area contributed by atoms with Crippen molar-refractivity contribution in [3.05, 3.63) is 77.6 Å². The van der Waals surface area contributed by atoms with Gasteiger partial charge in [0, 0.05) is 18.3 Å². The molecule has 0 bridgehead atoms. The topological polar surface area (TPSA) is 139 Å². The van der Waals surface area contributed by atoms with E-state index < -0.39 is 22.3 Å². The lowest BCUT2D eigenvalue weighted by atomic mass is 10.1. The molecule has 0 aliphatic heterocycles. The molecule has 1 unspecified atom stereocenters. The van der Waals surface area contributed by atoms with Gasteiger partial charge in [-0.2, -0.15) is 8.42 Å². The number of nitrogens with two attached hydrogens (primary N) is 1. The Hall–Kier alpha value is -3.21. The summed E-state index contributed by atoms with van der Waals surface area (Å²) in [5.74, 6) is 0.699. The maximum absolute atomic E-state index is 12.5. The zero-order valence-electron chi connectivity index (χ0n) is 18.5. The number of aromatic nitrogens is 2. The molecule has 9 nitrogen and oxygen atoms in total. The highest BCUT2D eigenvalue weighted by atomic mass is 32.2. The minimum atomic E-state index is -3.72. The molecule has 10 heteroatoms. The second-order valence-corrected chi connectivity index (χ2v) is 9.11. The first-order valence-corrected chi connectivity index (χ1v) is 12.2. The highest BCUT2D eigenvalue weighted by Gasteiger charge is 2.19. The molecule has 0 aliphatic rings. The van der Waals surface area contributed by atoms with Crippen molar-refractivity contribution in [1.82, 2.24) is 20.0 Å². The van der Waals surface area contributed by atoms with E-state index in [1.54, 1.807) is 6.20 Å². The average Bonchev–Trinajstić information content (AvgIpc) is 3.27. The first kappa shape index (κ1) is 24.4. The standard InChI is InChI=1S/C23H29N5O4S/c1-17-10-12-19(13-11-17)22-25-15-21(27-22)20(9-5-6-14-26-33(24,30)31)28-23(29)32-16-18-7-3-2-4-8-18/h2-4,7-8,10-13,15,20,26H,5-6,9,14,16H2,1H3,(H,25,27)(H,28,29)(H2,24,30,31). The molecule has 1 amide bonds. The highest BCUT2D eigenvalue weighted by Crippen LogP contribution is 2.22. The van der Waals surface area contributed by atoms with E-state index in [-0.39, 0.29) is 13.2 Å². The van der Waals surface area contributed by atoms with Crippen molar-refractivity contribution in [2.75, 3.05) is 6.54 Å². The number of alkyl carbamates (subject to hydrolysis) is 1. The number of rotatable bonds is 11. The predicted molar refractivity (Wildman–Crippen MR) is 126 cm³/mol. The number of imidazole rings is 1. The Morgan fingerprint density at radius 3 is 2.55 bits per heavy atom. The number of aryl methyl sites for hydroxylation is 1. The lowest BCUT2D eigenvalue weighted by Crippen LogP contribution is -2.32. The molecular weight excluding hydrogens is 442 g/mol. The quantitative estimate of drug-likeness (QED) is 0.318. The average molecular weight is 472 g/mol. The normalized spacial score (nSPS) is 12.3. The van der Waals surface area contributed by atoms with Crippen LogP contribution in [0.1, 0.15) is 42.1 Å². The third kappa shape index (κ3) is 8.33. The molecule has 1 aromatic heterocycles. The van der Waals surface area contributed by atoms with E-state index in [9.17, 15) is 13.2 Å². The van der Waals surface area contributed by atoms with Gasteiger partial charge in [-0.3, -0.25) is 0 Å². The van der Waals surface area contributed by atoms with Gasteiger partial charge in [0.1, 0.15) is 12.4 Å². The Labute approximate surface area is 194 Å². The van der Waals surface area contributed by atoms with Gasteiger partial charge in [0.15, 0.2) is 0 Å². The second-order valence-electron chi connectivity index (χ2n) is 7.73. The molecule has 0 fully saturated rings. The van der Waals surface area contributed by atoms with Gasteiger partial charge in [-0.1, -0.05) is 60.2 Å². The van der Waals surface area contributed by atoms with Crippen LogP contribution in [0.25, 0.3) is 11.4 Å². The van der Waals surface area contributed by atoms with Gasteiger partial charge >= 0.3 is 6.09 Å². The molecule has 5 N–H and O–H groups in total. The molecule has 3 rings (SSSR count). The first-order valence-electron chi connectivity index (χ1n) is 10.7. The Kier molecular flexibility index (Phi) is 8.58. The van der Waals surface area contributed by atoms with Gasteiger partial charge in [0.2, 0.25) is 0 Å². The van der Waals surface area contributed by atoms with E-state index >= 15 is 0 Å². The number of nitrogens with one attached hydrogen (secondary N) is 3. The number of hydrogen-bond acceptors (Lipinski definition) is 5. The summed E-state index contributed by atoms with van der Waals surface area (Å²) < 4.78 is 29.7. The largest absolute Gasteiger partial charge is 0.445 e. The molecule has 176 valence electrons. The highest BCUT2D eigenvalue weighted by molar-refractivity contribution is 7.87. The van der Waals surface area contributed by atoms with Crippen LogP contribution in [0.5, 0.6) is 0 Å². The van der Waals surface area contributed by atoms with Crippen LogP contribution in [0, 0.1) is 6.92 Å². The summed E-state index contributed by atoms with van der Waals surface area (Å²) in [7, 11) is -3.72. The number of benzene rings is 2. The van der Waals surface area contributed by atoms with Crippen LogP contribution in [-0.4, -0.2) is 31.0 Å². The summed E-state index contributed by atoms with van der Waals surface area (Å²) in [6.07, 6.45) is 2.96. The van der Waals surface area contributed by atoms with Gasteiger partial charge in [-0.05, 0) is 31.7 Å². The summed E-state index contributed by atoms with van der Waals surface area (Å²) >= 11 is 0. The van der Waals surface area contributed by atoms with Crippen molar-refractivity contribution in [2.45, 2.75) is 38.8 Å². The second kappa shape index (κ2) is 11.6. The van der Waals surface area contributed by atoms with E-state index in [2.05, 4.69) is 20.0 Å². The van der Waals surface area contributed by atoms with Crippen molar-refractivity contribution in [3.8, 4) is 11.4 Å². The van der Waals surface area contributed by atoms with Crippen LogP contribution in [-0.2, 0) is 21.6 Å². The van der Waals surface area contributed by atoms with Crippen molar-refractivity contribution in [3.63, 3.8) is 0 Å². The van der Waals surface area contributed by atoms with Crippen LogP contribution in [0.2, 0.25) is 0 Å². The van der Waals surface area contributed by atoms with Crippen molar-refractivity contribution in [1.29, 1.82) is 0 Å². The van der Waals surface area contributed by atoms with Crippen molar-refractivity contribution < 1.29 is 17.9 Å². The van der Waals surface area contributed by atoms with Gasteiger partial charge in [0.25, 0.3) is 10.2 Å². The molecule has 33 heavy (non-hydrogen) atoms. The SMILES string of the molecule is Cc1ccc(-c2nc(C(CCCCNS(N)(=O)=O)NC(=O)OCc3ccccc3)c[nH]2)cc1. The van der Waals surface area contributed by atoms with Crippen LogP contribution in [0.4, 0.5) is 4.79 Å². The zero-order valence-corrected chi connectivity index (χ0v) is 19.3. The maximum atomic E-state index is 12.5. The molecular formula is C23H29N5O4S. The van der Waals surface area contributed by atoms with E-state index in [0.29, 0.717) is 30.8 Å². The third-order valence-corrected chi connectivity index (χ3v) is 5.61. The number of unbranched alkanes of at least 4 members (excludes halogenated alkanes) is 1. The summed E-state index contributed by atoms with van der Waals surface area (Å²) in [4.78, 5) is 20.3. The zero-order chi connectivity index (χ0) is 23.7. The fourth-order valence-electron chi connectivity index (χ4n) is 3.26. The third-order valence-electron chi connectivity index (χ3n) is 5.01. The number of amides is 1. The molecule has 0 saturated heterocycles. The van der Waals surface area contributed by atoms with E-state index in [0.717, 1.165) is 16.7 Å². The Bertz CT molecular complexity index is 1130. The maximum Gasteiger partial charge on any atom is 0.408 e. The van der Waals surface area contributed by atoms with Gasteiger partial charge in [-0.25, -0.2) is 19.6 Å². The lowest BCUT2D eigenvalue weighted by molar-refractivity contribution is 0.134. The smallest absolute Gasteiger partial charge is 0.408 e. The summed E-state index contributed by atoms with van der Waals surface area (Å²) in [5.41, 5.74) is 3.65. The fourth-order valence-corrected chi connectivity index (χ4v) is 3.69. The number of H-pyrrole nitrogens is 1. The first-order chi connectivity index (χ1) is 15.8. The molecule has 1 heterocycles. The fraction of sp³-hybridized carbons (Fsp3) is 0.304.